The SMILES string of the molecule is C=C(OCCCCCSc1nccc(=O)[nH]1)c1ccccc1. The molecule has 1 aromatic heterocycles. The van der Waals surface area contributed by atoms with Crippen molar-refractivity contribution >= 4 is 17.5 Å². The van der Waals surface area contributed by atoms with Gasteiger partial charge in [-0.25, -0.2) is 4.98 Å². The second kappa shape index (κ2) is 9.10. The minimum absolute atomic E-state index is 0.106. The average molecular weight is 316 g/mol. The second-order valence-corrected chi connectivity index (χ2v) is 5.87. The maximum Gasteiger partial charge on any atom is 0.251 e. The summed E-state index contributed by atoms with van der Waals surface area (Å²) in [6.07, 6.45) is 4.66. The molecule has 1 heterocycles. The molecule has 0 unspecified atom stereocenters. The Balaban J connectivity index is 1.54. The molecule has 116 valence electrons. The Morgan fingerprint density at radius 2 is 2.00 bits per heavy atom. The molecule has 0 aliphatic rings. The molecular formula is C17H20N2O2S. The van der Waals surface area contributed by atoms with Gasteiger partial charge in [-0.2, -0.15) is 0 Å². The lowest BCUT2D eigenvalue weighted by molar-refractivity contribution is 0.269. The van der Waals surface area contributed by atoms with Gasteiger partial charge in [0.25, 0.3) is 5.56 Å². The van der Waals surface area contributed by atoms with Crippen LogP contribution in [0.5, 0.6) is 0 Å². The molecule has 0 aliphatic carbocycles. The van der Waals surface area contributed by atoms with Gasteiger partial charge in [-0.15, -0.1) is 0 Å². The van der Waals surface area contributed by atoms with Crippen LogP contribution in [0.15, 0.2) is 59.1 Å². The van der Waals surface area contributed by atoms with Gasteiger partial charge in [0.1, 0.15) is 5.76 Å². The van der Waals surface area contributed by atoms with Crippen molar-refractivity contribution in [1.82, 2.24) is 9.97 Å². The van der Waals surface area contributed by atoms with Gasteiger partial charge in [-0.1, -0.05) is 48.7 Å². The minimum Gasteiger partial charge on any atom is -0.494 e. The van der Waals surface area contributed by atoms with Crippen LogP contribution in [-0.4, -0.2) is 22.3 Å². The van der Waals surface area contributed by atoms with Crippen LogP contribution in [0.4, 0.5) is 0 Å². The number of thioether (sulfide) groups is 1. The molecule has 2 aromatic rings. The molecule has 0 amide bonds. The molecule has 0 fully saturated rings. The highest BCUT2D eigenvalue weighted by Crippen LogP contribution is 2.15. The summed E-state index contributed by atoms with van der Waals surface area (Å²) in [6.45, 7) is 4.62. The van der Waals surface area contributed by atoms with Crippen LogP contribution in [0.1, 0.15) is 24.8 Å². The van der Waals surface area contributed by atoms with Crippen LogP contribution < -0.4 is 5.56 Å². The molecule has 1 aromatic carbocycles. The second-order valence-electron chi connectivity index (χ2n) is 4.79. The van der Waals surface area contributed by atoms with Gasteiger partial charge in [0, 0.05) is 23.6 Å². The highest BCUT2D eigenvalue weighted by atomic mass is 32.2. The molecule has 0 radical (unpaired) electrons. The fourth-order valence-electron chi connectivity index (χ4n) is 1.88. The third-order valence-corrected chi connectivity index (χ3v) is 4.02. The van der Waals surface area contributed by atoms with Gasteiger partial charge >= 0.3 is 0 Å². The van der Waals surface area contributed by atoms with E-state index in [4.69, 9.17) is 4.74 Å². The molecular weight excluding hydrogens is 296 g/mol. The summed E-state index contributed by atoms with van der Waals surface area (Å²) >= 11 is 1.57. The molecule has 22 heavy (non-hydrogen) atoms. The first kappa shape index (κ1) is 16.4. The number of rotatable bonds is 9. The Kier molecular flexibility index (Phi) is 6.77. The van der Waals surface area contributed by atoms with E-state index >= 15 is 0 Å². The van der Waals surface area contributed by atoms with Crippen molar-refractivity contribution < 1.29 is 4.74 Å². The molecule has 0 saturated heterocycles. The van der Waals surface area contributed by atoms with Crippen molar-refractivity contribution in [3.63, 3.8) is 0 Å². The van der Waals surface area contributed by atoms with Crippen LogP contribution >= 0.6 is 11.8 Å². The van der Waals surface area contributed by atoms with Crippen LogP contribution in [-0.2, 0) is 4.74 Å². The fraction of sp³-hybridized carbons (Fsp3) is 0.294. The molecule has 0 aliphatic heterocycles. The average Bonchev–Trinajstić information content (AvgIpc) is 2.54. The monoisotopic (exact) mass is 316 g/mol. The van der Waals surface area contributed by atoms with Crippen LogP contribution in [0.2, 0.25) is 0 Å². The first-order valence-corrected chi connectivity index (χ1v) is 8.29. The Hall–Kier alpha value is -2.01. The summed E-state index contributed by atoms with van der Waals surface area (Å²) in [5, 5.41) is 0.682. The number of benzene rings is 1. The number of nitrogens with zero attached hydrogens (tertiary/aromatic N) is 1. The maximum atomic E-state index is 11.1. The Morgan fingerprint density at radius 1 is 1.18 bits per heavy atom. The van der Waals surface area contributed by atoms with Crippen molar-refractivity contribution in [2.75, 3.05) is 12.4 Å². The predicted molar refractivity (Wildman–Crippen MR) is 90.9 cm³/mol. The smallest absolute Gasteiger partial charge is 0.251 e. The summed E-state index contributed by atoms with van der Waals surface area (Å²) < 4.78 is 5.65. The topological polar surface area (TPSA) is 55.0 Å². The van der Waals surface area contributed by atoms with E-state index < -0.39 is 0 Å². The number of hydrogen-bond acceptors (Lipinski definition) is 4. The quantitative estimate of drug-likeness (QED) is 0.331. The minimum atomic E-state index is -0.106. The van der Waals surface area contributed by atoms with Crippen molar-refractivity contribution in [3.05, 3.63) is 65.1 Å². The highest BCUT2D eigenvalue weighted by molar-refractivity contribution is 7.99. The lowest BCUT2D eigenvalue weighted by Gasteiger charge is -2.08. The molecule has 0 bridgehead atoms. The summed E-state index contributed by atoms with van der Waals surface area (Å²) in [5.41, 5.74) is 0.919. The molecule has 1 N–H and O–H groups in total. The van der Waals surface area contributed by atoms with E-state index in [9.17, 15) is 4.79 Å². The van der Waals surface area contributed by atoms with E-state index in [0.29, 0.717) is 11.8 Å². The molecule has 4 nitrogen and oxygen atoms in total. The van der Waals surface area contributed by atoms with Crippen molar-refractivity contribution in [1.29, 1.82) is 0 Å². The van der Waals surface area contributed by atoms with Gasteiger partial charge in [0.2, 0.25) is 0 Å². The molecule has 0 spiro atoms. The van der Waals surface area contributed by atoms with Crippen molar-refractivity contribution in [2.24, 2.45) is 0 Å². The van der Waals surface area contributed by atoms with Gasteiger partial charge in [-0.3, -0.25) is 4.79 Å². The largest absolute Gasteiger partial charge is 0.494 e. The lowest BCUT2D eigenvalue weighted by Crippen LogP contribution is -2.05. The maximum absolute atomic E-state index is 11.1. The summed E-state index contributed by atoms with van der Waals surface area (Å²) in [5.74, 6) is 1.66. The van der Waals surface area contributed by atoms with Gasteiger partial charge < -0.3 is 9.72 Å². The number of unbranched alkanes of at least 4 members (excludes halogenated alkanes) is 2. The third-order valence-electron chi connectivity index (χ3n) is 3.05. The number of hydrogen-bond donors (Lipinski definition) is 1. The predicted octanol–water partition coefficient (Wildman–Crippen LogP) is 3.72. The molecule has 0 saturated carbocycles. The van der Waals surface area contributed by atoms with Crippen LogP contribution in [0.3, 0.4) is 0 Å². The Labute approximate surface area is 134 Å². The van der Waals surface area contributed by atoms with Crippen LogP contribution in [0, 0.1) is 0 Å². The van der Waals surface area contributed by atoms with E-state index in [1.807, 2.05) is 30.3 Å². The van der Waals surface area contributed by atoms with E-state index in [2.05, 4.69) is 16.5 Å². The zero-order chi connectivity index (χ0) is 15.6. The van der Waals surface area contributed by atoms with E-state index in [1.165, 1.54) is 12.3 Å². The Morgan fingerprint density at radius 3 is 2.77 bits per heavy atom. The zero-order valence-corrected chi connectivity index (χ0v) is 13.3. The first-order chi connectivity index (χ1) is 10.8. The van der Waals surface area contributed by atoms with E-state index in [1.54, 1.807) is 11.8 Å². The summed E-state index contributed by atoms with van der Waals surface area (Å²) in [4.78, 5) is 17.9. The zero-order valence-electron chi connectivity index (χ0n) is 12.5. The lowest BCUT2D eigenvalue weighted by atomic mass is 10.2. The fourth-order valence-corrected chi connectivity index (χ4v) is 2.73. The van der Waals surface area contributed by atoms with Crippen molar-refractivity contribution in [3.8, 4) is 0 Å². The first-order valence-electron chi connectivity index (χ1n) is 7.31. The van der Waals surface area contributed by atoms with Crippen LogP contribution in [0.25, 0.3) is 5.76 Å². The number of ether oxygens (including phenoxy) is 1. The van der Waals surface area contributed by atoms with Gasteiger partial charge in [0.05, 0.1) is 6.61 Å². The molecule has 0 atom stereocenters. The summed E-state index contributed by atoms with van der Waals surface area (Å²) in [6, 6.07) is 11.3. The third kappa shape index (κ3) is 5.77. The Bertz CT molecular complexity index is 640. The standard InChI is InChI=1S/C17H20N2O2S/c1-14(15-8-4-2-5-9-15)21-12-6-3-7-13-22-17-18-11-10-16(20)19-17/h2,4-5,8-11H,1,3,6-7,12-13H2,(H,18,19,20). The molecule has 2 rings (SSSR count). The normalized spacial score (nSPS) is 10.4. The van der Waals surface area contributed by atoms with E-state index in [0.717, 1.165) is 36.3 Å². The number of H-pyrrole nitrogens is 1. The van der Waals surface area contributed by atoms with E-state index in [-0.39, 0.29) is 5.56 Å². The van der Waals surface area contributed by atoms with Crippen molar-refractivity contribution in [2.45, 2.75) is 24.4 Å². The van der Waals surface area contributed by atoms with Gasteiger partial charge in [0.15, 0.2) is 5.16 Å². The highest BCUT2D eigenvalue weighted by Gasteiger charge is 1.99. The molecule has 5 heteroatoms. The number of aromatic amines is 1. The number of aromatic nitrogens is 2. The van der Waals surface area contributed by atoms with Gasteiger partial charge in [-0.05, 0) is 19.3 Å². The summed E-state index contributed by atoms with van der Waals surface area (Å²) in [7, 11) is 0. The number of nitrogens with one attached hydrogen (secondary N) is 1.